The largest absolute Gasteiger partial charge is 0.310 e. The van der Waals surface area contributed by atoms with Crippen molar-refractivity contribution >= 4 is 0 Å². The fourth-order valence-electron chi connectivity index (χ4n) is 2.98. The molecule has 3 nitrogen and oxygen atoms in total. The Morgan fingerprint density at radius 2 is 2.15 bits per heavy atom. The third-order valence-corrected chi connectivity index (χ3v) is 4.70. The molecule has 1 unspecified atom stereocenters. The molecule has 1 aromatic heterocycles. The van der Waals surface area contributed by atoms with E-state index >= 15 is 0 Å². The first-order chi connectivity index (χ1) is 9.70. The molecule has 1 aliphatic heterocycles. The maximum atomic E-state index is 4.63. The van der Waals surface area contributed by atoms with Crippen LogP contribution >= 0.6 is 0 Å². The van der Waals surface area contributed by atoms with Gasteiger partial charge in [-0.25, -0.2) is 0 Å². The number of hydrogen-bond acceptors (Lipinski definition) is 3. The molecule has 1 aromatic rings. The summed E-state index contributed by atoms with van der Waals surface area (Å²) in [6.07, 6.45) is 6.08. The summed E-state index contributed by atoms with van der Waals surface area (Å²) >= 11 is 0. The van der Waals surface area contributed by atoms with Crippen molar-refractivity contribution in [2.75, 3.05) is 13.1 Å². The predicted molar refractivity (Wildman–Crippen MR) is 82.3 cm³/mol. The summed E-state index contributed by atoms with van der Waals surface area (Å²) in [6.45, 7) is 9.14. The molecule has 0 amide bonds. The van der Waals surface area contributed by atoms with Crippen LogP contribution in [0.15, 0.2) is 18.3 Å². The Morgan fingerprint density at radius 1 is 1.30 bits per heavy atom. The highest BCUT2D eigenvalue weighted by Crippen LogP contribution is 2.24. The molecule has 1 aliphatic carbocycles. The monoisotopic (exact) mass is 273 g/mol. The molecule has 1 atom stereocenters. The van der Waals surface area contributed by atoms with E-state index in [1.165, 1.54) is 43.6 Å². The number of nitrogens with zero attached hydrogens (tertiary/aromatic N) is 2. The van der Waals surface area contributed by atoms with Crippen molar-refractivity contribution in [3.63, 3.8) is 0 Å². The molecule has 20 heavy (non-hydrogen) atoms. The summed E-state index contributed by atoms with van der Waals surface area (Å²) in [4.78, 5) is 7.18. The Labute approximate surface area is 122 Å². The molecule has 3 rings (SSSR count). The Bertz CT molecular complexity index is 422. The van der Waals surface area contributed by atoms with Crippen LogP contribution < -0.4 is 5.32 Å². The predicted octanol–water partition coefficient (Wildman–Crippen LogP) is 2.81. The van der Waals surface area contributed by atoms with Crippen LogP contribution in [-0.2, 0) is 13.1 Å². The van der Waals surface area contributed by atoms with Gasteiger partial charge in [-0.05, 0) is 49.3 Å². The lowest BCUT2D eigenvalue weighted by molar-refractivity contribution is 0.294. The van der Waals surface area contributed by atoms with Crippen molar-refractivity contribution in [1.29, 1.82) is 0 Å². The summed E-state index contributed by atoms with van der Waals surface area (Å²) < 4.78 is 0. The van der Waals surface area contributed by atoms with Gasteiger partial charge in [-0.1, -0.05) is 19.9 Å². The molecule has 110 valence electrons. The highest BCUT2D eigenvalue weighted by Gasteiger charge is 2.24. The molecular formula is C17H27N3. The van der Waals surface area contributed by atoms with Crippen molar-refractivity contribution in [2.45, 2.75) is 52.2 Å². The highest BCUT2D eigenvalue weighted by molar-refractivity contribution is 5.14. The fourth-order valence-corrected chi connectivity index (χ4v) is 2.98. The SMILES string of the molecule is CC(C)C1CCN(Cc2ccc(CNC3CC3)cn2)C1. The topological polar surface area (TPSA) is 28.2 Å². The molecule has 1 N–H and O–H groups in total. The number of likely N-dealkylation sites (tertiary alicyclic amines) is 1. The Balaban J connectivity index is 1.47. The zero-order valence-corrected chi connectivity index (χ0v) is 12.8. The third kappa shape index (κ3) is 3.80. The van der Waals surface area contributed by atoms with Crippen molar-refractivity contribution < 1.29 is 0 Å². The summed E-state index contributed by atoms with van der Waals surface area (Å²) in [5, 5.41) is 3.53. The van der Waals surface area contributed by atoms with Crippen LogP contribution in [0.25, 0.3) is 0 Å². The molecule has 0 radical (unpaired) electrons. The molecule has 2 aliphatic rings. The lowest BCUT2D eigenvalue weighted by Gasteiger charge is -2.17. The van der Waals surface area contributed by atoms with Crippen LogP contribution in [0.5, 0.6) is 0 Å². The van der Waals surface area contributed by atoms with E-state index in [4.69, 9.17) is 0 Å². The molecule has 2 fully saturated rings. The first-order valence-corrected chi connectivity index (χ1v) is 8.10. The van der Waals surface area contributed by atoms with Crippen molar-refractivity contribution in [2.24, 2.45) is 11.8 Å². The van der Waals surface area contributed by atoms with Gasteiger partial charge in [0.1, 0.15) is 0 Å². The smallest absolute Gasteiger partial charge is 0.0544 e. The Morgan fingerprint density at radius 3 is 2.75 bits per heavy atom. The quantitative estimate of drug-likeness (QED) is 0.864. The average Bonchev–Trinajstić information content (AvgIpc) is 3.15. The van der Waals surface area contributed by atoms with Crippen molar-refractivity contribution in [3.8, 4) is 0 Å². The molecule has 1 saturated heterocycles. The molecule has 0 bridgehead atoms. The second kappa shape index (κ2) is 6.23. The fraction of sp³-hybridized carbons (Fsp3) is 0.706. The summed E-state index contributed by atoms with van der Waals surface area (Å²) in [5.41, 5.74) is 2.52. The number of hydrogen-bond donors (Lipinski definition) is 1. The standard InChI is InChI=1S/C17H27N3/c1-13(2)15-7-8-20(11-15)12-17-4-3-14(10-19-17)9-18-16-5-6-16/h3-4,10,13,15-16,18H,5-9,11-12H2,1-2H3. The lowest BCUT2D eigenvalue weighted by atomic mass is 9.95. The maximum Gasteiger partial charge on any atom is 0.0544 e. The van der Waals surface area contributed by atoms with Gasteiger partial charge in [0.15, 0.2) is 0 Å². The normalized spacial score (nSPS) is 23.6. The summed E-state index contributed by atoms with van der Waals surface area (Å²) in [7, 11) is 0. The van der Waals surface area contributed by atoms with Crippen LogP contribution in [-0.4, -0.2) is 29.0 Å². The summed E-state index contributed by atoms with van der Waals surface area (Å²) in [6, 6.07) is 5.20. The van der Waals surface area contributed by atoms with E-state index < -0.39 is 0 Å². The van der Waals surface area contributed by atoms with Crippen molar-refractivity contribution in [3.05, 3.63) is 29.6 Å². The average molecular weight is 273 g/mol. The van der Waals surface area contributed by atoms with E-state index in [0.717, 1.165) is 31.0 Å². The van der Waals surface area contributed by atoms with Gasteiger partial charge < -0.3 is 5.32 Å². The van der Waals surface area contributed by atoms with Crippen molar-refractivity contribution in [1.82, 2.24) is 15.2 Å². The zero-order chi connectivity index (χ0) is 13.9. The van der Waals surface area contributed by atoms with Gasteiger partial charge >= 0.3 is 0 Å². The van der Waals surface area contributed by atoms with Gasteiger partial charge in [0.05, 0.1) is 5.69 Å². The highest BCUT2D eigenvalue weighted by atomic mass is 15.1. The van der Waals surface area contributed by atoms with Crippen LogP contribution in [0.4, 0.5) is 0 Å². The van der Waals surface area contributed by atoms with E-state index in [1.807, 2.05) is 6.20 Å². The number of aromatic nitrogens is 1. The van der Waals surface area contributed by atoms with E-state index in [9.17, 15) is 0 Å². The minimum Gasteiger partial charge on any atom is -0.310 e. The van der Waals surface area contributed by atoms with Gasteiger partial charge in [-0.2, -0.15) is 0 Å². The first-order valence-electron chi connectivity index (χ1n) is 8.10. The van der Waals surface area contributed by atoms with E-state index in [1.54, 1.807) is 0 Å². The molecule has 0 aromatic carbocycles. The number of rotatable bonds is 6. The van der Waals surface area contributed by atoms with Gasteiger partial charge in [0.2, 0.25) is 0 Å². The lowest BCUT2D eigenvalue weighted by Crippen LogP contribution is -2.22. The second-order valence-electron chi connectivity index (χ2n) is 6.84. The molecular weight excluding hydrogens is 246 g/mol. The van der Waals surface area contributed by atoms with Gasteiger partial charge in [-0.15, -0.1) is 0 Å². The summed E-state index contributed by atoms with van der Waals surface area (Å²) in [5.74, 6) is 1.68. The van der Waals surface area contributed by atoms with Crippen LogP contribution in [0.1, 0.15) is 44.4 Å². The Kier molecular flexibility index (Phi) is 4.37. The van der Waals surface area contributed by atoms with Crippen LogP contribution in [0, 0.1) is 11.8 Å². The van der Waals surface area contributed by atoms with E-state index in [0.29, 0.717) is 0 Å². The number of nitrogens with one attached hydrogen (secondary N) is 1. The van der Waals surface area contributed by atoms with E-state index in [-0.39, 0.29) is 0 Å². The maximum absolute atomic E-state index is 4.63. The molecule has 1 saturated carbocycles. The van der Waals surface area contributed by atoms with Gasteiger partial charge in [0.25, 0.3) is 0 Å². The van der Waals surface area contributed by atoms with Gasteiger partial charge in [0, 0.05) is 31.9 Å². The molecule has 3 heteroatoms. The zero-order valence-electron chi connectivity index (χ0n) is 12.8. The van der Waals surface area contributed by atoms with Crippen LogP contribution in [0.3, 0.4) is 0 Å². The number of pyridine rings is 1. The Hall–Kier alpha value is -0.930. The minimum absolute atomic E-state index is 0.771. The first kappa shape index (κ1) is 14.0. The molecule has 2 heterocycles. The van der Waals surface area contributed by atoms with Gasteiger partial charge in [-0.3, -0.25) is 9.88 Å². The molecule has 0 spiro atoms. The second-order valence-corrected chi connectivity index (χ2v) is 6.84. The third-order valence-electron chi connectivity index (χ3n) is 4.70. The van der Waals surface area contributed by atoms with Crippen LogP contribution in [0.2, 0.25) is 0 Å². The van der Waals surface area contributed by atoms with E-state index in [2.05, 4.69) is 41.2 Å². The minimum atomic E-state index is 0.771.